The summed E-state index contributed by atoms with van der Waals surface area (Å²) in [6.45, 7) is 4.50. The Morgan fingerprint density at radius 1 is 1.47 bits per heavy atom. The van der Waals surface area contributed by atoms with Gasteiger partial charge in [0.1, 0.15) is 5.76 Å². The van der Waals surface area contributed by atoms with Gasteiger partial charge in [-0.15, -0.1) is 0 Å². The summed E-state index contributed by atoms with van der Waals surface area (Å²) in [7, 11) is 0. The molecular formula is C13H22N2O2. The number of hydrogen-bond acceptors (Lipinski definition) is 4. The van der Waals surface area contributed by atoms with Crippen LogP contribution in [0.5, 0.6) is 0 Å². The van der Waals surface area contributed by atoms with Gasteiger partial charge in [0.05, 0.1) is 18.9 Å². The fourth-order valence-electron chi connectivity index (χ4n) is 2.25. The van der Waals surface area contributed by atoms with Gasteiger partial charge in [-0.2, -0.15) is 0 Å². The third-order valence-electron chi connectivity index (χ3n) is 3.12. The summed E-state index contributed by atoms with van der Waals surface area (Å²) in [4.78, 5) is 2.38. The van der Waals surface area contributed by atoms with E-state index in [2.05, 4.69) is 4.90 Å². The largest absolute Gasteiger partial charge is 0.468 e. The summed E-state index contributed by atoms with van der Waals surface area (Å²) in [6, 6.07) is 3.95. The van der Waals surface area contributed by atoms with Crippen molar-refractivity contribution in [3.8, 4) is 0 Å². The van der Waals surface area contributed by atoms with Gasteiger partial charge in [-0.25, -0.2) is 0 Å². The van der Waals surface area contributed by atoms with Crippen LogP contribution < -0.4 is 5.73 Å². The molecule has 17 heavy (non-hydrogen) atoms. The molecule has 0 aliphatic carbocycles. The first-order chi connectivity index (χ1) is 8.38. The molecule has 0 unspecified atom stereocenters. The second kappa shape index (κ2) is 6.79. The third kappa shape index (κ3) is 4.15. The van der Waals surface area contributed by atoms with E-state index in [0.717, 1.165) is 45.0 Å². The van der Waals surface area contributed by atoms with Crippen LogP contribution >= 0.6 is 0 Å². The Morgan fingerprint density at radius 2 is 2.41 bits per heavy atom. The van der Waals surface area contributed by atoms with Crippen molar-refractivity contribution in [1.82, 2.24) is 4.90 Å². The van der Waals surface area contributed by atoms with Gasteiger partial charge in [-0.05, 0) is 44.5 Å². The summed E-state index contributed by atoms with van der Waals surface area (Å²) < 4.78 is 11.1. The Labute approximate surface area is 103 Å². The fourth-order valence-corrected chi connectivity index (χ4v) is 2.25. The van der Waals surface area contributed by atoms with Crippen molar-refractivity contribution in [2.45, 2.75) is 31.9 Å². The molecule has 1 fully saturated rings. The van der Waals surface area contributed by atoms with Crippen molar-refractivity contribution in [2.75, 3.05) is 26.2 Å². The Hall–Kier alpha value is -0.840. The van der Waals surface area contributed by atoms with Crippen LogP contribution in [0.1, 0.15) is 25.0 Å². The van der Waals surface area contributed by atoms with Crippen LogP contribution in [0.2, 0.25) is 0 Å². The Balaban J connectivity index is 1.83. The van der Waals surface area contributed by atoms with Gasteiger partial charge in [-0.1, -0.05) is 0 Å². The molecule has 0 amide bonds. The monoisotopic (exact) mass is 238 g/mol. The van der Waals surface area contributed by atoms with Crippen LogP contribution in [0.3, 0.4) is 0 Å². The molecular weight excluding hydrogens is 216 g/mol. The van der Waals surface area contributed by atoms with Crippen molar-refractivity contribution in [3.05, 3.63) is 24.2 Å². The van der Waals surface area contributed by atoms with Crippen LogP contribution in [-0.4, -0.2) is 37.2 Å². The van der Waals surface area contributed by atoms with E-state index in [0.29, 0.717) is 6.10 Å². The maximum atomic E-state index is 5.68. The lowest BCUT2D eigenvalue weighted by Gasteiger charge is -2.24. The molecule has 2 heterocycles. The van der Waals surface area contributed by atoms with E-state index in [1.165, 1.54) is 12.8 Å². The van der Waals surface area contributed by atoms with Gasteiger partial charge in [-0.3, -0.25) is 4.90 Å². The topological polar surface area (TPSA) is 51.6 Å². The van der Waals surface area contributed by atoms with Gasteiger partial charge in [0.2, 0.25) is 0 Å². The predicted octanol–water partition coefficient (Wildman–Crippen LogP) is 1.61. The molecule has 1 aromatic rings. The molecule has 1 aliphatic heterocycles. The van der Waals surface area contributed by atoms with Gasteiger partial charge in [0.15, 0.2) is 0 Å². The molecule has 0 radical (unpaired) electrons. The van der Waals surface area contributed by atoms with Gasteiger partial charge in [0, 0.05) is 13.2 Å². The Kier molecular flexibility index (Phi) is 5.04. The van der Waals surface area contributed by atoms with E-state index in [4.69, 9.17) is 14.9 Å². The zero-order chi connectivity index (χ0) is 11.9. The van der Waals surface area contributed by atoms with E-state index >= 15 is 0 Å². The molecule has 1 atom stereocenters. The summed E-state index contributed by atoms with van der Waals surface area (Å²) in [5.41, 5.74) is 5.58. The van der Waals surface area contributed by atoms with Crippen molar-refractivity contribution in [3.63, 3.8) is 0 Å². The maximum absolute atomic E-state index is 5.68. The molecule has 4 nitrogen and oxygen atoms in total. The number of ether oxygens (including phenoxy) is 1. The van der Waals surface area contributed by atoms with E-state index in [9.17, 15) is 0 Å². The Bertz CT molecular complexity index is 294. The average Bonchev–Trinajstić information content (AvgIpc) is 2.99. The van der Waals surface area contributed by atoms with E-state index < -0.39 is 0 Å². The minimum Gasteiger partial charge on any atom is -0.468 e. The molecule has 1 aromatic heterocycles. The lowest BCUT2D eigenvalue weighted by molar-refractivity contribution is 0.0681. The summed E-state index contributed by atoms with van der Waals surface area (Å²) in [6.07, 6.45) is 5.51. The SMILES string of the molecule is NCCCN(Cc1ccco1)C[C@@H]1CCCO1. The Morgan fingerprint density at radius 3 is 3.06 bits per heavy atom. The standard InChI is InChI=1S/C13H22N2O2/c14-6-3-7-15(10-12-4-1-8-16-12)11-13-5-2-9-17-13/h1,4,8,13H,2-3,5-7,9-11,14H2/t13-/m0/s1. The van der Waals surface area contributed by atoms with Crippen LogP contribution in [0.25, 0.3) is 0 Å². The van der Waals surface area contributed by atoms with Crippen LogP contribution in [0, 0.1) is 0 Å². The highest BCUT2D eigenvalue weighted by Crippen LogP contribution is 2.15. The number of hydrogen-bond donors (Lipinski definition) is 1. The molecule has 2 N–H and O–H groups in total. The van der Waals surface area contributed by atoms with Crippen molar-refractivity contribution in [1.29, 1.82) is 0 Å². The first kappa shape index (κ1) is 12.6. The number of nitrogens with two attached hydrogens (primary N) is 1. The molecule has 0 spiro atoms. The van der Waals surface area contributed by atoms with Crippen molar-refractivity contribution >= 4 is 0 Å². The summed E-state index contributed by atoms with van der Waals surface area (Å²) in [5.74, 6) is 1.01. The maximum Gasteiger partial charge on any atom is 0.117 e. The lowest BCUT2D eigenvalue weighted by Crippen LogP contribution is -2.33. The predicted molar refractivity (Wildman–Crippen MR) is 66.6 cm³/mol. The molecule has 1 saturated heterocycles. The van der Waals surface area contributed by atoms with Gasteiger partial charge >= 0.3 is 0 Å². The number of furan rings is 1. The quantitative estimate of drug-likeness (QED) is 0.784. The van der Waals surface area contributed by atoms with E-state index in [1.54, 1.807) is 6.26 Å². The first-order valence-corrected chi connectivity index (χ1v) is 6.45. The highest BCUT2D eigenvalue weighted by molar-refractivity contribution is 4.98. The van der Waals surface area contributed by atoms with Gasteiger partial charge in [0.25, 0.3) is 0 Å². The van der Waals surface area contributed by atoms with E-state index in [-0.39, 0.29) is 0 Å². The van der Waals surface area contributed by atoms with Crippen molar-refractivity contribution < 1.29 is 9.15 Å². The zero-order valence-corrected chi connectivity index (χ0v) is 10.3. The minimum atomic E-state index is 0.391. The second-order valence-corrected chi connectivity index (χ2v) is 4.59. The van der Waals surface area contributed by atoms with Crippen molar-refractivity contribution in [2.24, 2.45) is 5.73 Å². The van der Waals surface area contributed by atoms with Gasteiger partial charge < -0.3 is 14.9 Å². The smallest absolute Gasteiger partial charge is 0.117 e. The average molecular weight is 238 g/mol. The first-order valence-electron chi connectivity index (χ1n) is 6.45. The normalized spacial score (nSPS) is 20.2. The number of nitrogens with zero attached hydrogens (tertiary/aromatic N) is 1. The van der Waals surface area contributed by atoms with Crippen LogP contribution in [0.4, 0.5) is 0 Å². The molecule has 0 aromatic carbocycles. The third-order valence-corrected chi connectivity index (χ3v) is 3.12. The van der Waals surface area contributed by atoms with Crippen LogP contribution in [0.15, 0.2) is 22.8 Å². The number of rotatable bonds is 7. The molecule has 1 aliphatic rings. The summed E-state index contributed by atoms with van der Waals surface area (Å²) >= 11 is 0. The zero-order valence-electron chi connectivity index (χ0n) is 10.3. The van der Waals surface area contributed by atoms with Crippen LogP contribution in [-0.2, 0) is 11.3 Å². The summed E-state index contributed by atoms with van der Waals surface area (Å²) in [5, 5.41) is 0. The lowest BCUT2D eigenvalue weighted by atomic mass is 10.2. The molecule has 96 valence electrons. The van der Waals surface area contributed by atoms with E-state index in [1.807, 2.05) is 12.1 Å². The fraction of sp³-hybridized carbons (Fsp3) is 0.692. The molecule has 0 saturated carbocycles. The highest BCUT2D eigenvalue weighted by Gasteiger charge is 2.19. The molecule has 0 bridgehead atoms. The highest BCUT2D eigenvalue weighted by atomic mass is 16.5. The molecule has 2 rings (SSSR count). The second-order valence-electron chi connectivity index (χ2n) is 4.59. The molecule has 4 heteroatoms. The minimum absolute atomic E-state index is 0.391.